The molecule has 1 saturated carbocycles. The number of ether oxygens (including phenoxy) is 3. The summed E-state index contributed by atoms with van der Waals surface area (Å²) in [6, 6.07) is 3.68. The number of rotatable bonds is 4. The van der Waals surface area contributed by atoms with Gasteiger partial charge in [-0.1, -0.05) is 12.5 Å². The van der Waals surface area contributed by atoms with Gasteiger partial charge < -0.3 is 19.3 Å². The van der Waals surface area contributed by atoms with Crippen molar-refractivity contribution in [3.8, 4) is 11.5 Å². The first kappa shape index (κ1) is 12.3. The highest BCUT2D eigenvalue weighted by atomic mass is 16.7. The first-order valence-electron chi connectivity index (χ1n) is 6.33. The summed E-state index contributed by atoms with van der Waals surface area (Å²) < 4.78 is 16.0. The van der Waals surface area contributed by atoms with Crippen molar-refractivity contribution in [1.82, 2.24) is 0 Å². The molecule has 0 spiro atoms. The molecule has 102 valence electrons. The van der Waals surface area contributed by atoms with Gasteiger partial charge in [-0.15, -0.1) is 0 Å². The summed E-state index contributed by atoms with van der Waals surface area (Å²) in [6.07, 6.45) is 2.20. The Labute approximate surface area is 111 Å². The predicted molar refractivity (Wildman–Crippen MR) is 66.4 cm³/mol. The van der Waals surface area contributed by atoms with Crippen molar-refractivity contribution in [3.05, 3.63) is 23.3 Å². The highest BCUT2D eigenvalue weighted by Gasteiger charge is 2.50. The fourth-order valence-corrected chi connectivity index (χ4v) is 2.91. The van der Waals surface area contributed by atoms with Gasteiger partial charge in [-0.3, -0.25) is 4.79 Å². The Hall–Kier alpha value is -1.75. The Morgan fingerprint density at radius 3 is 2.79 bits per heavy atom. The van der Waals surface area contributed by atoms with Crippen LogP contribution in [0.5, 0.6) is 11.5 Å². The van der Waals surface area contributed by atoms with E-state index in [1.54, 1.807) is 7.11 Å². The van der Waals surface area contributed by atoms with Crippen LogP contribution in [0.25, 0.3) is 0 Å². The van der Waals surface area contributed by atoms with Crippen molar-refractivity contribution in [2.75, 3.05) is 13.9 Å². The molecule has 1 N–H and O–H groups in total. The van der Waals surface area contributed by atoms with Crippen LogP contribution in [-0.4, -0.2) is 25.0 Å². The van der Waals surface area contributed by atoms with E-state index in [-0.39, 0.29) is 6.79 Å². The molecule has 0 unspecified atom stereocenters. The normalized spacial score (nSPS) is 19.0. The van der Waals surface area contributed by atoms with Crippen LogP contribution in [0.3, 0.4) is 0 Å². The van der Waals surface area contributed by atoms with E-state index >= 15 is 0 Å². The minimum absolute atomic E-state index is 0.147. The lowest BCUT2D eigenvalue weighted by Crippen LogP contribution is -2.43. The van der Waals surface area contributed by atoms with Gasteiger partial charge in [0.2, 0.25) is 6.79 Å². The van der Waals surface area contributed by atoms with Crippen LogP contribution in [0.1, 0.15) is 30.4 Å². The maximum atomic E-state index is 11.7. The molecule has 1 heterocycles. The van der Waals surface area contributed by atoms with Gasteiger partial charge in [0.05, 0.1) is 12.0 Å². The summed E-state index contributed by atoms with van der Waals surface area (Å²) in [7, 11) is 1.60. The van der Waals surface area contributed by atoms with Crippen LogP contribution in [0.2, 0.25) is 0 Å². The molecule has 1 aliphatic carbocycles. The minimum Gasteiger partial charge on any atom is -0.481 e. The van der Waals surface area contributed by atoms with Crippen LogP contribution in [0.15, 0.2) is 12.1 Å². The van der Waals surface area contributed by atoms with E-state index in [1.807, 2.05) is 12.1 Å². The predicted octanol–water partition coefficient (Wildman–Crippen LogP) is 2.07. The Morgan fingerprint density at radius 2 is 2.21 bits per heavy atom. The summed E-state index contributed by atoms with van der Waals surface area (Å²) >= 11 is 0. The van der Waals surface area contributed by atoms with Crippen LogP contribution >= 0.6 is 0 Å². The van der Waals surface area contributed by atoms with Crippen LogP contribution in [0.4, 0.5) is 0 Å². The second-order valence-electron chi connectivity index (χ2n) is 5.01. The van der Waals surface area contributed by atoms with Gasteiger partial charge in [0, 0.05) is 12.7 Å². The Morgan fingerprint density at radius 1 is 1.42 bits per heavy atom. The molecule has 1 aliphatic heterocycles. The zero-order chi connectivity index (χ0) is 13.5. The van der Waals surface area contributed by atoms with Crippen molar-refractivity contribution in [2.45, 2.75) is 31.3 Å². The first-order chi connectivity index (χ1) is 9.19. The SMILES string of the molecule is COCc1ccc2c(c1C1(C(=O)O)CCC1)OCO2. The maximum absolute atomic E-state index is 11.7. The smallest absolute Gasteiger partial charge is 0.314 e. The second kappa shape index (κ2) is 4.42. The summed E-state index contributed by atoms with van der Waals surface area (Å²) in [5.74, 6) is 0.416. The maximum Gasteiger partial charge on any atom is 0.314 e. The molecule has 0 aromatic heterocycles. The number of methoxy groups -OCH3 is 1. The molecule has 1 aromatic carbocycles. The fraction of sp³-hybridized carbons (Fsp3) is 0.500. The third-order valence-electron chi connectivity index (χ3n) is 4.02. The van der Waals surface area contributed by atoms with Crippen molar-refractivity contribution in [3.63, 3.8) is 0 Å². The molecular weight excluding hydrogens is 248 g/mol. The molecule has 1 fully saturated rings. The second-order valence-corrected chi connectivity index (χ2v) is 5.01. The number of carboxylic acid groups (broad SMARTS) is 1. The van der Waals surface area contributed by atoms with E-state index in [9.17, 15) is 9.90 Å². The molecule has 1 aromatic rings. The molecule has 5 heteroatoms. The molecule has 2 aliphatic rings. The quantitative estimate of drug-likeness (QED) is 0.901. The van der Waals surface area contributed by atoms with E-state index in [2.05, 4.69) is 0 Å². The highest BCUT2D eigenvalue weighted by Crippen LogP contribution is 2.52. The van der Waals surface area contributed by atoms with Crippen molar-refractivity contribution < 1.29 is 24.1 Å². The van der Waals surface area contributed by atoms with Gasteiger partial charge in [0.1, 0.15) is 0 Å². The van der Waals surface area contributed by atoms with Gasteiger partial charge in [-0.2, -0.15) is 0 Å². The summed E-state index contributed by atoms with van der Waals surface area (Å²) in [6.45, 7) is 0.523. The van der Waals surface area contributed by atoms with E-state index in [4.69, 9.17) is 14.2 Å². The van der Waals surface area contributed by atoms with Gasteiger partial charge >= 0.3 is 5.97 Å². The highest BCUT2D eigenvalue weighted by molar-refractivity contribution is 5.85. The summed E-state index contributed by atoms with van der Waals surface area (Å²) in [5, 5.41) is 9.62. The van der Waals surface area contributed by atoms with E-state index in [0.717, 1.165) is 17.5 Å². The fourth-order valence-electron chi connectivity index (χ4n) is 2.91. The number of carboxylic acids is 1. The number of benzene rings is 1. The zero-order valence-electron chi connectivity index (χ0n) is 10.8. The number of fused-ring (bicyclic) bond motifs is 1. The number of aliphatic carboxylic acids is 1. The monoisotopic (exact) mass is 264 g/mol. The lowest BCUT2D eigenvalue weighted by atomic mass is 9.63. The molecule has 0 saturated heterocycles. The molecule has 3 rings (SSSR count). The van der Waals surface area contributed by atoms with Gasteiger partial charge in [-0.05, 0) is 24.5 Å². The molecule has 0 amide bonds. The first-order valence-corrected chi connectivity index (χ1v) is 6.33. The number of carbonyl (C=O) groups is 1. The zero-order valence-corrected chi connectivity index (χ0v) is 10.8. The standard InChI is InChI=1S/C14H16O5/c1-17-7-9-3-4-10-12(19-8-18-10)11(9)14(13(15)16)5-2-6-14/h3-4H,2,5-8H2,1H3,(H,15,16). The third kappa shape index (κ3) is 1.69. The Balaban J connectivity index is 2.17. The van der Waals surface area contributed by atoms with E-state index in [0.29, 0.717) is 30.9 Å². The molecular formula is C14H16O5. The van der Waals surface area contributed by atoms with Crippen molar-refractivity contribution in [2.24, 2.45) is 0 Å². The summed E-state index contributed by atoms with van der Waals surface area (Å²) in [5.41, 5.74) is 0.768. The molecule has 19 heavy (non-hydrogen) atoms. The minimum atomic E-state index is -0.840. The van der Waals surface area contributed by atoms with Gasteiger partial charge in [-0.25, -0.2) is 0 Å². The third-order valence-corrected chi connectivity index (χ3v) is 4.02. The molecule has 0 radical (unpaired) electrons. The van der Waals surface area contributed by atoms with Gasteiger partial charge in [0.25, 0.3) is 0 Å². The average Bonchev–Trinajstić information content (AvgIpc) is 2.78. The van der Waals surface area contributed by atoms with Crippen molar-refractivity contribution >= 4 is 5.97 Å². The molecule has 0 atom stereocenters. The van der Waals surface area contributed by atoms with E-state index < -0.39 is 11.4 Å². The summed E-state index contributed by atoms with van der Waals surface area (Å²) in [4.78, 5) is 11.7. The van der Waals surface area contributed by atoms with Crippen LogP contribution in [-0.2, 0) is 21.6 Å². The van der Waals surface area contributed by atoms with Gasteiger partial charge in [0.15, 0.2) is 11.5 Å². The topological polar surface area (TPSA) is 65.0 Å². The molecule has 0 bridgehead atoms. The average molecular weight is 264 g/mol. The molecule has 5 nitrogen and oxygen atoms in total. The van der Waals surface area contributed by atoms with Crippen molar-refractivity contribution in [1.29, 1.82) is 0 Å². The lowest BCUT2D eigenvalue weighted by molar-refractivity contribution is -0.147. The Kier molecular flexibility index (Phi) is 2.86. The Bertz CT molecular complexity index is 519. The van der Waals surface area contributed by atoms with E-state index in [1.165, 1.54) is 0 Å². The van der Waals surface area contributed by atoms with Crippen LogP contribution in [0, 0.1) is 0 Å². The lowest BCUT2D eigenvalue weighted by Gasteiger charge is -2.39. The largest absolute Gasteiger partial charge is 0.481 e. The number of hydrogen-bond acceptors (Lipinski definition) is 4. The van der Waals surface area contributed by atoms with Crippen LogP contribution < -0.4 is 9.47 Å². The number of hydrogen-bond donors (Lipinski definition) is 1.